The molecule has 0 saturated heterocycles. The predicted molar refractivity (Wildman–Crippen MR) is 83.0 cm³/mol. The average Bonchev–Trinajstić information content (AvgIpc) is 2.47. The Hall–Kier alpha value is -2.16. The van der Waals surface area contributed by atoms with Gasteiger partial charge in [0, 0.05) is 15.7 Å². The molecule has 0 bridgehead atoms. The summed E-state index contributed by atoms with van der Waals surface area (Å²) in [6, 6.07) is 10.4. The van der Waals surface area contributed by atoms with Crippen LogP contribution < -0.4 is 0 Å². The van der Waals surface area contributed by atoms with Crippen LogP contribution in [0.4, 0.5) is 5.69 Å². The number of benzene rings is 2. The highest BCUT2D eigenvalue weighted by molar-refractivity contribution is 14.1. The molecule has 0 atom stereocenters. The van der Waals surface area contributed by atoms with Gasteiger partial charge in [-0.1, -0.05) is 12.1 Å². The Balaban J connectivity index is 2.09. The first kappa shape index (κ1) is 15.2. The average molecular weight is 399 g/mol. The smallest absolute Gasteiger partial charge is 0.342 e. The number of hydrogen-bond donors (Lipinski definition) is 1. The van der Waals surface area contributed by atoms with Gasteiger partial charge >= 0.3 is 5.97 Å². The molecular weight excluding hydrogens is 389 g/mol. The summed E-state index contributed by atoms with van der Waals surface area (Å²) < 4.78 is 5.84. The minimum absolute atomic E-state index is 0.0623. The maximum absolute atomic E-state index is 11.9. The molecule has 0 fully saturated rings. The molecule has 0 aliphatic heterocycles. The van der Waals surface area contributed by atoms with Crippen LogP contribution in [0.15, 0.2) is 42.5 Å². The van der Waals surface area contributed by atoms with Crippen LogP contribution in [-0.2, 0) is 11.3 Å². The zero-order chi connectivity index (χ0) is 15.4. The van der Waals surface area contributed by atoms with Gasteiger partial charge in [0.2, 0.25) is 0 Å². The van der Waals surface area contributed by atoms with Crippen molar-refractivity contribution in [3.05, 3.63) is 67.3 Å². The van der Waals surface area contributed by atoms with E-state index < -0.39 is 10.9 Å². The lowest BCUT2D eigenvalue weighted by Crippen LogP contribution is -2.06. The van der Waals surface area contributed by atoms with Crippen LogP contribution in [0.25, 0.3) is 0 Å². The van der Waals surface area contributed by atoms with Gasteiger partial charge in [-0.25, -0.2) is 4.79 Å². The first-order chi connectivity index (χ1) is 9.97. The first-order valence-electron chi connectivity index (χ1n) is 5.86. The lowest BCUT2D eigenvalue weighted by Gasteiger charge is -2.07. The monoisotopic (exact) mass is 399 g/mol. The van der Waals surface area contributed by atoms with Crippen molar-refractivity contribution in [3.63, 3.8) is 0 Å². The van der Waals surface area contributed by atoms with Crippen molar-refractivity contribution < 1.29 is 19.6 Å². The largest absolute Gasteiger partial charge is 0.507 e. The van der Waals surface area contributed by atoms with Crippen LogP contribution in [0.5, 0.6) is 5.75 Å². The second kappa shape index (κ2) is 6.53. The number of non-ortho nitro benzene ring substituents is 1. The van der Waals surface area contributed by atoms with Crippen LogP contribution in [-0.4, -0.2) is 16.0 Å². The van der Waals surface area contributed by atoms with Crippen LogP contribution in [0.3, 0.4) is 0 Å². The van der Waals surface area contributed by atoms with E-state index in [-0.39, 0.29) is 23.6 Å². The molecule has 21 heavy (non-hydrogen) atoms. The molecule has 7 heteroatoms. The van der Waals surface area contributed by atoms with Crippen molar-refractivity contribution in [2.45, 2.75) is 6.61 Å². The standard InChI is InChI=1S/C14H10INO5/c15-10-4-5-13(17)12(7-10)14(18)21-8-9-2-1-3-11(6-9)16(19)20/h1-7,17H,8H2. The molecule has 0 unspecified atom stereocenters. The van der Waals surface area contributed by atoms with Gasteiger partial charge in [-0.15, -0.1) is 0 Å². The highest BCUT2D eigenvalue weighted by Gasteiger charge is 2.14. The number of hydrogen-bond acceptors (Lipinski definition) is 5. The van der Waals surface area contributed by atoms with Gasteiger partial charge in [0.05, 0.1) is 4.92 Å². The molecule has 0 amide bonds. The number of phenolic OH excluding ortho intramolecular Hbond substituents is 1. The number of ether oxygens (including phenoxy) is 1. The first-order valence-corrected chi connectivity index (χ1v) is 6.94. The Labute approximate surface area is 133 Å². The zero-order valence-electron chi connectivity index (χ0n) is 10.7. The number of halogens is 1. The van der Waals surface area contributed by atoms with Crippen molar-refractivity contribution in [1.82, 2.24) is 0 Å². The molecule has 0 aliphatic carbocycles. The van der Waals surface area contributed by atoms with Crippen LogP contribution in [0.2, 0.25) is 0 Å². The fourth-order valence-corrected chi connectivity index (χ4v) is 2.15. The van der Waals surface area contributed by atoms with Gasteiger partial charge in [0.25, 0.3) is 5.69 Å². The Morgan fingerprint density at radius 3 is 2.76 bits per heavy atom. The highest BCUT2D eigenvalue weighted by Crippen LogP contribution is 2.21. The molecule has 1 N–H and O–H groups in total. The molecule has 0 aliphatic rings. The van der Waals surface area contributed by atoms with Gasteiger partial charge in [-0.2, -0.15) is 0 Å². The van der Waals surface area contributed by atoms with E-state index in [1.54, 1.807) is 12.1 Å². The van der Waals surface area contributed by atoms with Crippen LogP contribution >= 0.6 is 22.6 Å². The number of carbonyl (C=O) groups excluding carboxylic acids is 1. The van der Waals surface area contributed by atoms with E-state index in [0.717, 1.165) is 3.57 Å². The van der Waals surface area contributed by atoms with Crippen molar-refractivity contribution in [1.29, 1.82) is 0 Å². The molecule has 0 radical (unpaired) electrons. The second-order valence-corrected chi connectivity index (χ2v) is 5.41. The number of carbonyl (C=O) groups is 1. The Bertz CT molecular complexity index is 702. The van der Waals surface area contributed by atoms with Crippen molar-refractivity contribution in [2.75, 3.05) is 0 Å². The molecule has 0 saturated carbocycles. The summed E-state index contributed by atoms with van der Waals surface area (Å²) in [5, 5.41) is 20.3. The molecule has 108 valence electrons. The molecule has 0 heterocycles. The van der Waals surface area contributed by atoms with E-state index in [1.165, 1.54) is 30.3 Å². The molecular formula is C14H10INO5. The van der Waals surface area contributed by atoms with Gasteiger partial charge in [0.15, 0.2) is 0 Å². The van der Waals surface area contributed by atoms with E-state index in [2.05, 4.69) is 0 Å². The number of aromatic hydroxyl groups is 1. The van der Waals surface area contributed by atoms with Crippen LogP contribution in [0, 0.1) is 13.7 Å². The summed E-state index contributed by atoms with van der Waals surface area (Å²) in [7, 11) is 0. The summed E-state index contributed by atoms with van der Waals surface area (Å²) in [5.41, 5.74) is 0.496. The summed E-state index contributed by atoms with van der Waals surface area (Å²) in [4.78, 5) is 22.0. The number of rotatable bonds is 4. The topological polar surface area (TPSA) is 89.7 Å². The van der Waals surface area contributed by atoms with Gasteiger partial charge < -0.3 is 9.84 Å². The lowest BCUT2D eigenvalue weighted by atomic mass is 10.2. The SMILES string of the molecule is O=C(OCc1cccc([N+](=O)[O-])c1)c1cc(I)ccc1O. The van der Waals surface area contributed by atoms with Gasteiger partial charge in [-0.05, 0) is 46.4 Å². The number of phenols is 1. The fraction of sp³-hybridized carbons (Fsp3) is 0.0714. The van der Waals surface area contributed by atoms with Crippen molar-refractivity contribution in [2.24, 2.45) is 0 Å². The quantitative estimate of drug-likeness (QED) is 0.369. The van der Waals surface area contributed by atoms with Crippen molar-refractivity contribution in [3.8, 4) is 5.75 Å². The Kier molecular flexibility index (Phi) is 4.73. The molecule has 6 nitrogen and oxygen atoms in total. The maximum atomic E-state index is 11.9. The third-order valence-electron chi connectivity index (χ3n) is 2.67. The molecule has 0 aromatic heterocycles. The lowest BCUT2D eigenvalue weighted by molar-refractivity contribution is -0.384. The Morgan fingerprint density at radius 2 is 2.05 bits per heavy atom. The fourth-order valence-electron chi connectivity index (χ4n) is 1.66. The number of nitro benzene ring substituents is 1. The molecule has 2 rings (SSSR count). The van der Waals surface area contributed by atoms with Crippen LogP contribution in [0.1, 0.15) is 15.9 Å². The molecule has 2 aromatic rings. The number of nitro groups is 1. The van der Waals surface area contributed by atoms with Crippen molar-refractivity contribution >= 4 is 34.2 Å². The zero-order valence-corrected chi connectivity index (χ0v) is 12.8. The second-order valence-electron chi connectivity index (χ2n) is 4.16. The predicted octanol–water partition coefficient (Wildman–Crippen LogP) is 3.26. The molecule has 2 aromatic carbocycles. The highest BCUT2D eigenvalue weighted by atomic mass is 127. The third-order valence-corrected chi connectivity index (χ3v) is 3.34. The summed E-state index contributed by atoms with van der Waals surface area (Å²) >= 11 is 2.01. The normalized spacial score (nSPS) is 10.1. The minimum Gasteiger partial charge on any atom is -0.507 e. The van der Waals surface area contributed by atoms with Gasteiger partial charge in [-0.3, -0.25) is 10.1 Å². The third kappa shape index (κ3) is 3.91. The van der Waals surface area contributed by atoms with E-state index in [9.17, 15) is 20.0 Å². The molecule has 0 spiro atoms. The van der Waals surface area contributed by atoms with Gasteiger partial charge in [0.1, 0.15) is 17.9 Å². The summed E-state index contributed by atoms with van der Waals surface area (Å²) in [6.07, 6.45) is 0. The Morgan fingerprint density at radius 1 is 1.29 bits per heavy atom. The summed E-state index contributed by atoms with van der Waals surface area (Å²) in [6.45, 7) is -0.106. The number of esters is 1. The van der Waals surface area contributed by atoms with E-state index in [0.29, 0.717) is 5.56 Å². The van der Waals surface area contributed by atoms with E-state index >= 15 is 0 Å². The van der Waals surface area contributed by atoms with E-state index in [1.807, 2.05) is 22.6 Å². The maximum Gasteiger partial charge on any atom is 0.342 e. The minimum atomic E-state index is -0.683. The summed E-state index contributed by atoms with van der Waals surface area (Å²) in [5.74, 6) is -0.850. The van der Waals surface area contributed by atoms with E-state index in [4.69, 9.17) is 4.74 Å². The number of nitrogens with zero attached hydrogens (tertiary/aromatic N) is 1.